The maximum atomic E-state index is 9.42. The van der Waals surface area contributed by atoms with Crippen molar-refractivity contribution >= 4 is 5.69 Å². The normalized spacial score (nSPS) is 15.5. The van der Waals surface area contributed by atoms with Crippen LogP contribution in [0.1, 0.15) is 50.4 Å². The zero-order chi connectivity index (χ0) is 15.5. The third-order valence-electron chi connectivity index (χ3n) is 4.29. The van der Waals surface area contributed by atoms with Gasteiger partial charge in [-0.05, 0) is 49.4 Å². The lowest BCUT2D eigenvalue weighted by Gasteiger charge is -2.28. The Kier molecular flexibility index (Phi) is 4.43. The SMILES string of the molecule is CC(C)c1c(CO)nnn1-c1ccc(N2CCCCC2)cc1. The van der Waals surface area contributed by atoms with E-state index >= 15 is 0 Å². The number of piperidine rings is 1. The molecule has 0 unspecified atom stereocenters. The molecule has 1 saturated heterocycles. The average Bonchev–Trinajstić information content (AvgIpc) is 3.00. The number of aliphatic hydroxyl groups is 1. The Bertz CT molecular complexity index is 612. The molecular formula is C17H24N4O. The molecule has 5 nitrogen and oxygen atoms in total. The van der Waals surface area contributed by atoms with Crippen molar-refractivity contribution in [3.63, 3.8) is 0 Å². The highest BCUT2D eigenvalue weighted by Crippen LogP contribution is 2.24. The first-order valence-corrected chi connectivity index (χ1v) is 8.11. The van der Waals surface area contributed by atoms with Crippen molar-refractivity contribution in [3.05, 3.63) is 35.7 Å². The zero-order valence-electron chi connectivity index (χ0n) is 13.4. The van der Waals surface area contributed by atoms with Crippen LogP contribution in [0.4, 0.5) is 5.69 Å². The van der Waals surface area contributed by atoms with E-state index < -0.39 is 0 Å². The van der Waals surface area contributed by atoms with Crippen LogP contribution in [0.3, 0.4) is 0 Å². The van der Waals surface area contributed by atoms with Crippen LogP contribution < -0.4 is 4.90 Å². The summed E-state index contributed by atoms with van der Waals surface area (Å²) in [6, 6.07) is 8.49. The first-order valence-electron chi connectivity index (χ1n) is 8.11. The van der Waals surface area contributed by atoms with Gasteiger partial charge in [0, 0.05) is 18.8 Å². The summed E-state index contributed by atoms with van der Waals surface area (Å²) in [4.78, 5) is 2.44. The number of rotatable bonds is 4. The Labute approximate surface area is 131 Å². The predicted molar refractivity (Wildman–Crippen MR) is 87.4 cm³/mol. The summed E-state index contributed by atoms with van der Waals surface area (Å²) in [5, 5.41) is 17.7. The molecule has 1 aromatic heterocycles. The van der Waals surface area contributed by atoms with E-state index in [2.05, 4.69) is 53.3 Å². The molecule has 1 aliphatic heterocycles. The lowest BCUT2D eigenvalue weighted by atomic mass is 10.1. The number of aliphatic hydroxyl groups excluding tert-OH is 1. The van der Waals surface area contributed by atoms with Crippen LogP contribution in [0.5, 0.6) is 0 Å². The second-order valence-electron chi connectivity index (χ2n) is 6.21. The minimum Gasteiger partial charge on any atom is -0.390 e. The van der Waals surface area contributed by atoms with Crippen molar-refractivity contribution in [2.75, 3.05) is 18.0 Å². The Morgan fingerprint density at radius 3 is 2.27 bits per heavy atom. The minimum absolute atomic E-state index is 0.0701. The summed E-state index contributed by atoms with van der Waals surface area (Å²) in [5.74, 6) is 0.263. The molecule has 0 spiro atoms. The van der Waals surface area contributed by atoms with Crippen molar-refractivity contribution in [2.45, 2.75) is 45.6 Å². The van der Waals surface area contributed by atoms with Gasteiger partial charge in [-0.15, -0.1) is 5.10 Å². The highest BCUT2D eigenvalue weighted by Gasteiger charge is 2.17. The number of hydrogen-bond acceptors (Lipinski definition) is 4. The summed E-state index contributed by atoms with van der Waals surface area (Å²) in [5.41, 5.74) is 3.91. The number of aromatic nitrogens is 3. The van der Waals surface area contributed by atoms with Gasteiger partial charge in [0.2, 0.25) is 0 Å². The molecule has 1 N–H and O–H groups in total. The molecule has 0 bridgehead atoms. The summed E-state index contributed by atoms with van der Waals surface area (Å²) < 4.78 is 1.84. The van der Waals surface area contributed by atoms with Gasteiger partial charge < -0.3 is 10.0 Å². The van der Waals surface area contributed by atoms with E-state index in [9.17, 15) is 5.11 Å². The Morgan fingerprint density at radius 2 is 1.68 bits per heavy atom. The van der Waals surface area contributed by atoms with Crippen molar-refractivity contribution in [3.8, 4) is 5.69 Å². The van der Waals surface area contributed by atoms with Gasteiger partial charge in [0.05, 0.1) is 18.0 Å². The minimum atomic E-state index is -0.0701. The molecule has 2 heterocycles. The Balaban J connectivity index is 1.88. The largest absolute Gasteiger partial charge is 0.390 e. The fourth-order valence-corrected chi connectivity index (χ4v) is 3.16. The molecule has 22 heavy (non-hydrogen) atoms. The molecule has 0 saturated carbocycles. The van der Waals surface area contributed by atoms with Crippen molar-refractivity contribution < 1.29 is 5.11 Å². The van der Waals surface area contributed by atoms with E-state index in [1.165, 1.54) is 24.9 Å². The summed E-state index contributed by atoms with van der Waals surface area (Å²) in [6.07, 6.45) is 3.90. The van der Waals surface area contributed by atoms with Crippen molar-refractivity contribution in [2.24, 2.45) is 0 Å². The number of nitrogens with zero attached hydrogens (tertiary/aromatic N) is 4. The first kappa shape index (κ1) is 15.0. The maximum Gasteiger partial charge on any atom is 0.112 e. The molecule has 5 heteroatoms. The molecule has 1 fully saturated rings. The second-order valence-corrected chi connectivity index (χ2v) is 6.21. The summed E-state index contributed by atoms with van der Waals surface area (Å²) in [6.45, 7) is 6.41. The standard InChI is InChI=1S/C17H24N4O/c1-13(2)17-16(12-22)18-19-21(17)15-8-6-14(7-9-15)20-10-4-3-5-11-20/h6-9,13,22H,3-5,10-12H2,1-2H3. The molecule has 0 radical (unpaired) electrons. The average molecular weight is 300 g/mol. The van der Waals surface area contributed by atoms with Crippen LogP contribution in [-0.2, 0) is 6.61 Å². The molecule has 0 aliphatic carbocycles. The lowest BCUT2D eigenvalue weighted by Crippen LogP contribution is -2.29. The van der Waals surface area contributed by atoms with Gasteiger partial charge in [-0.25, -0.2) is 4.68 Å². The fraction of sp³-hybridized carbons (Fsp3) is 0.529. The predicted octanol–water partition coefficient (Wildman–Crippen LogP) is 2.87. The molecule has 1 aliphatic rings. The van der Waals surface area contributed by atoms with Gasteiger partial charge in [-0.3, -0.25) is 0 Å². The van der Waals surface area contributed by atoms with Gasteiger partial charge >= 0.3 is 0 Å². The lowest BCUT2D eigenvalue weighted by molar-refractivity contribution is 0.275. The molecule has 3 rings (SSSR count). The number of benzene rings is 1. The van der Waals surface area contributed by atoms with E-state index in [0.717, 1.165) is 24.5 Å². The fourth-order valence-electron chi connectivity index (χ4n) is 3.16. The second kappa shape index (κ2) is 6.48. The number of hydrogen-bond donors (Lipinski definition) is 1. The third-order valence-corrected chi connectivity index (χ3v) is 4.29. The molecule has 2 aromatic rings. The topological polar surface area (TPSA) is 54.2 Å². The molecule has 1 aromatic carbocycles. The monoisotopic (exact) mass is 300 g/mol. The van der Waals surface area contributed by atoms with Crippen LogP contribution in [0.2, 0.25) is 0 Å². The van der Waals surface area contributed by atoms with Gasteiger partial charge in [0.25, 0.3) is 0 Å². The van der Waals surface area contributed by atoms with Crippen LogP contribution in [0.25, 0.3) is 5.69 Å². The molecule has 118 valence electrons. The van der Waals surface area contributed by atoms with E-state index in [-0.39, 0.29) is 12.5 Å². The van der Waals surface area contributed by atoms with Crippen LogP contribution in [-0.4, -0.2) is 33.2 Å². The molecular weight excluding hydrogens is 276 g/mol. The third kappa shape index (κ3) is 2.86. The summed E-state index contributed by atoms with van der Waals surface area (Å²) >= 11 is 0. The maximum absolute atomic E-state index is 9.42. The Hall–Kier alpha value is -1.88. The highest BCUT2D eigenvalue weighted by atomic mass is 16.3. The number of anilines is 1. The van der Waals surface area contributed by atoms with Crippen LogP contribution >= 0.6 is 0 Å². The molecule has 0 amide bonds. The van der Waals surface area contributed by atoms with Gasteiger partial charge in [-0.1, -0.05) is 19.1 Å². The smallest absolute Gasteiger partial charge is 0.112 e. The van der Waals surface area contributed by atoms with E-state index in [1.54, 1.807) is 0 Å². The highest BCUT2D eigenvalue weighted by molar-refractivity contribution is 5.51. The first-order chi connectivity index (χ1) is 10.7. The van der Waals surface area contributed by atoms with E-state index in [0.29, 0.717) is 5.69 Å². The Morgan fingerprint density at radius 1 is 1.05 bits per heavy atom. The van der Waals surface area contributed by atoms with Crippen LogP contribution in [0.15, 0.2) is 24.3 Å². The van der Waals surface area contributed by atoms with Crippen LogP contribution in [0, 0.1) is 0 Å². The summed E-state index contributed by atoms with van der Waals surface area (Å²) in [7, 11) is 0. The molecule has 0 atom stereocenters. The zero-order valence-corrected chi connectivity index (χ0v) is 13.4. The van der Waals surface area contributed by atoms with Gasteiger partial charge in [0.15, 0.2) is 0 Å². The van der Waals surface area contributed by atoms with Gasteiger partial charge in [0.1, 0.15) is 5.69 Å². The van der Waals surface area contributed by atoms with Crippen molar-refractivity contribution in [1.29, 1.82) is 0 Å². The van der Waals surface area contributed by atoms with E-state index in [1.807, 2.05) is 4.68 Å². The quantitative estimate of drug-likeness (QED) is 0.943. The van der Waals surface area contributed by atoms with E-state index in [4.69, 9.17) is 0 Å². The van der Waals surface area contributed by atoms with Gasteiger partial charge in [-0.2, -0.15) is 0 Å². The van der Waals surface area contributed by atoms with Crippen molar-refractivity contribution in [1.82, 2.24) is 15.0 Å².